The number of hydrogen-bond acceptors (Lipinski definition) is 3. The zero-order valence-corrected chi connectivity index (χ0v) is 14.1. The quantitative estimate of drug-likeness (QED) is 0.867. The largest absolute Gasteiger partial charge is 0.416 e. The van der Waals surface area contributed by atoms with E-state index in [1.807, 2.05) is 6.92 Å². The van der Waals surface area contributed by atoms with Gasteiger partial charge in [-0.15, -0.1) is 11.3 Å². The van der Waals surface area contributed by atoms with Gasteiger partial charge < -0.3 is 5.32 Å². The molecule has 1 heterocycles. The molecule has 3 nitrogen and oxygen atoms in total. The van der Waals surface area contributed by atoms with E-state index in [9.17, 15) is 18.0 Å². The minimum atomic E-state index is -4.36. The summed E-state index contributed by atoms with van der Waals surface area (Å²) in [7, 11) is 0. The lowest BCUT2D eigenvalue weighted by atomic mass is 10.1. The summed E-state index contributed by atoms with van der Waals surface area (Å²) in [6, 6.07) is 4.96. The summed E-state index contributed by atoms with van der Waals surface area (Å²) in [5.74, 6) is 0.388. The van der Waals surface area contributed by atoms with E-state index in [1.165, 1.54) is 23.5 Å². The first-order valence-corrected chi connectivity index (χ1v) is 8.53. The number of carbonyl (C=O) groups excluding carboxylic acids is 1. The molecule has 1 aliphatic carbocycles. The molecule has 0 bridgehead atoms. The maximum Gasteiger partial charge on any atom is 0.416 e. The summed E-state index contributed by atoms with van der Waals surface area (Å²) in [5, 5.41) is 3.52. The van der Waals surface area contributed by atoms with Crippen LogP contribution in [0.4, 0.5) is 13.2 Å². The van der Waals surface area contributed by atoms with E-state index < -0.39 is 11.7 Å². The summed E-state index contributed by atoms with van der Waals surface area (Å²) in [6.45, 7) is 3.73. The Labute approximate surface area is 141 Å². The van der Waals surface area contributed by atoms with E-state index >= 15 is 0 Å². The van der Waals surface area contributed by atoms with Crippen LogP contribution >= 0.6 is 11.3 Å². The van der Waals surface area contributed by atoms with Gasteiger partial charge >= 0.3 is 6.18 Å². The molecule has 0 saturated heterocycles. The third-order valence-corrected chi connectivity index (χ3v) is 5.36. The summed E-state index contributed by atoms with van der Waals surface area (Å²) >= 11 is 1.20. The third-order valence-electron chi connectivity index (χ3n) is 4.15. The van der Waals surface area contributed by atoms with Crippen molar-refractivity contribution in [1.82, 2.24) is 10.3 Å². The van der Waals surface area contributed by atoms with Crippen LogP contribution < -0.4 is 5.32 Å². The van der Waals surface area contributed by atoms with Gasteiger partial charge in [0.15, 0.2) is 0 Å². The number of nitrogens with one attached hydrogen (secondary N) is 1. The maximum absolute atomic E-state index is 12.6. The van der Waals surface area contributed by atoms with E-state index in [2.05, 4.69) is 10.3 Å². The number of amides is 1. The highest BCUT2D eigenvalue weighted by atomic mass is 32.1. The molecule has 0 aliphatic heterocycles. The van der Waals surface area contributed by atoms with Gasteiger partial charge in [-0.25, -0.2) is 4.98 Å². The van der Waals surface area contributed by atoms with Crippen LogP contribution in [0.15, 0.2) is 24.3 Å². The molecular formula is C17H17F3N2OS. The van der Waals surface area contributed by atoms with Gasteiger partial charge in [-0.05, 0) is 44.7 Å². The number of aromatic nitrogens is 1. The first-order chi connectivity index (χ1) is 11.3. The molecule has 3 rings (SSSR count). The molecule has 1 aromatic heterocycles. The summed E-state index contributed by atoms with van der Waals surface area (Å²) in [4.78, 5) is 17.2. The number of carbonyl (C=O) groups is 1. The highest BCUT2D eigenvalue weighted by Gasteiger charge is 2.31. The fourth-order valence-electron chi connectivity index (χ4n) is 2.52. The lowest BCUT2D eigenvalue weighted by Gasteiger charge is -2.11. The number of halogens is 3. The average molecular weight is 354 g/mol. The molecule has 0 radical (unpaired) electrons. The fourth-order valence-corrected chi connectivity index (χ4v) is 3.49. The van der Waals surface area contributed by atoms with Crippen molar-refractivity contribution >= 4 is 17.2 Å². The molecule has 1 atom stereocenters. The van der Waals surface area contributed by atoms with Crippen LogP contribution in [0, 0.1) is 12.8 Å². The monoisotopic (exact) mass is 354 g/mol. The normalized spacial score (nSPS) is 16.0. The maximum atomic E-state index is 12.6. The van der Waals surface area contributed by atoms with E-state index in [-0.39, 0.29) is 11.9 Å². The van der Waals surface area contributed by atoms with Gasteiger partial charge in [-0.1, -0.05) is 12.1 Å². The van der Waals surface area contributed by atoms with Crippen LogP contribution in [0.5, 0.6) is 0 Å². The predicted molar refractivity (Wildman–Crippen MR) is 86.9 cm³/mol. The fraction of sp³-hybridized carbons (Fsp3) is 0.412. The van der Waals surface area contributed by atoms with Crippen LogP contribution in [0.1, 0.15) is 40.7 Å². The van der Waals surface area contributed by atoms with Crippen LogP contribution in [0.3, 0.4) is 0 Å². The third kappa shape index (κ3) is 3.61. The molecule has 0 spiro atoms. The second kappa shape index (κ2) is 6.20. The molecule has 1 fully saturated rings. The van der Waals surface area contributed by atoms with Crippen molar-refractivity contribution in [3.05, 3.63) is 40.4 Å². The van der Waals surface area contributed by atoms with Crippen molar-refractivity contribution in [1.29, 1.82) is 0 Å². The Morgan fingerprint density at radius 3 is 2.46 bits per heavy atom. The molecular weight excluding hydrogens is 337 g/mol. The molecule has 128 valence electrons. The number of thiazole rings is 1. The number of benzene rings is 1. The molecule has 7 heteroatoms. The molecule has 1 N–H and O–H groups in total. The lowest BCUT2D eigenvalue weighted by molar-refractivity contribution is -0.137. The number of rotatable bonds is 4. The number of hydrogen-bond donors (Lipinski definition) is 1. The van der Waals surface area contributed by atoms with Gasteiger partial charge in [-0.3, -0.25) is 4.79 Å². The molecule has 2 aromatic rings. The topological polar surface area (TPSA) is 42.0 Å². The van der Waals surface area contributed by atoms with Gasteiger partial charge in [-0.2, -0.15) is 13.2 Å². The smallest absolute Gasteiger partial charge is 0.349 e. The number of alkyl halides is 3. The number of aryl methyl sites for hydroxylation is 1. The highest BCUT2D eigenvalue weighted by Crippen LogP contribution is 2.34. The van der Waals surface area contributed by atoms with Gasteiger partial charge in [0, 0.05) is 11.6 Å². The second-order valence-corrected chi connectivity index (χ2v) is 7.11. The van der Waals surface area contributed by atoms with Crippen LogP contribution in [-0.4, -0.2) is 16.9 Å². The van der Waals surface area contributed by atoms with Crippen molar-refractivity contribution in [2.24, 2.45) is 5.92 Å². The zero-order chi connectivity index (χ0) is 17.5. The first-order valence-electron chi connectivity index (χ1n) is 7.71. The van der Waals surface area contributed by atoms with Crippen LogP contribution in [0.25, 0.3) is 10.6 Å². The van der Waals surface area contributed by atoms with E-state index in [1.54, 1.807) is 6.92 Å². The highest BCUT2D eigenvalue weighted by molar-refractivity contribution is 7.17. The molecule has 1 saturated carbocycles. The molecule has 1 aliphatic rings. The minimum Gasteiger partial charge on any atom is -0.349 e. The Kier molecular flexibility index (Phi) is 4.38. The summed E-state index contributed by atoms with van der Waals surface area (Å²) < 4.78 is 37.9. The molecule has 0 unspecified atom stereocenters. The first kappa shape index (κ1) is 17.0. The van der Waals surface area contributed by atoms with Crippen molar-refractivity contribution in [3.63, 3.8) is 0 Å². The van der Waals surface area contributed by atoms with Gasteiger partial charge in [0.05, 0.1) is 11.3 Å². The van der Waals surface area contributed by atoms with Crippen molar-refractivity contribution < 1.29 is 18.0 Å². The summed E-state index contributed by atoms with van der Waals surface area (Å²) in [6.07, 6.45) is -2.08. The van der Waals surface area contributed by atoms with Crippen molar-refractivity contribution in [2.45, 2.75) is 38.9 Å². The summed E-state index contributed by atoms with van der Waals surface area (Å²) in [5.41, 5.74) is 0.469. The molecule has 1 aromatic carbocycles. The Hall–Kier alpha value is -1.89. The van der Waals surface area contributed by atoms with Crippen molar-refractivity contribution in [2.75, 3.05) is 0 Å². The zero-order valence-electron chi connectivity index (χ0n) is 13.3. The van der Waals surface area contributed by atoms with Crippen LogP contribution in [-0.2, 0) is 6.18 Å². The van der Waals surface area contributed by atoms with E-state index in [4.69, 9.17) is 0 Å². The van der Waals surface area contributed by atoms with Crippen molar-refractivity contribution in [3.8, 4) is 10.6 Å². The predicted octanol–water partition coefficient (Wildman–Crippen LogP) is 4.67. The lowest BCUT2D eigenvalue weighted by Crippen LogP contribution is -2.33. The standard InChI is InChI=1S/C17H17F3N2OS/c1-9(11-3-4-11)21-15(23)14-10(2)22-16(24-14)12-5-7-13(8-6-12)17(18,19)20/h5-9,11H,3-4H2,1-2H3,(H,21,23)/t9-/m0/s1. The Morgan fingerprint density at radius 2 is 1.92 bits per heavy atom. The number of nitrogens with zero attached hydrogens (tertiary/aromatic N) is 1. The van der Waals surface area contributed by atoms with E-state index in [0.29, 0.717) is 27.1 Å². The van der Waals surface area contributed by atoms with E-state index in [0.717, 1.165) is 25.0 Å². The average Bonchev–Trinajstić information content (AvgIpc) is 3.29. The van der Waals surface area contributed by atoms with Gasteiger partial charge in [0.2, 0.25) is 0 Å². The van der Waals surface area contributed by atoms with Crippen LogP contribution in [0.2, 0.25) is 0 Å². The Balaban J connectivity index is 1.79. The molecule has 1 amide bonds. The molecule has 24 heavy (non-hydrogen) atoms. The SMILES string of the molecule is Cc1nc(-c2ccc(C(F)(F)F)cc2)sc1C(=O)N[C@@H](C)C1CC1. The van der Waals surface area contributed by atoms with Gasteiger partial charge in [0.25, 0.3) is 5.91 Å². The van der Waals surface area contributed by atoms with Gasteiger partial charge in [0.1, 0.15) is 9.88 Å². The Morgan fingerprint density at radius 1 is 1.29 bits per heavy atom. The Bertz CT molecular complexity index is 748. The minimum absolute atomic E-state index is 0.133. The second-order valence-electron chi connectivity index (χ2n) is 6.11.